The fourth-order valence-electron chi connectivity index (χ4n) is 2.87. The number of hydrogen-bond donors (Lipinski definition) is 0. The van der Waals surface area contributed by atoms with Gasteiger partial charge in [0.25, 0.3) is 5.91 Å². The summed E-state index contributed by atoms with van der Waals surface area (Å²) in [6.45, 7) is 3.48. The molecule has 2 aromatic rings. The summed E-state index contributed by atoms with van der Waals surface area (Å²) in [4.78, 5) is 14.4. The molecule has 21 heavy (non-hydrogen) atoms. The molecule has 0 aromatic heterocycles. The Hall–Kier alpha value is -2.29. The number of nitrogens with zero attached hydrogens (tertiary/aromatic N) is 1. The van der Waals surface area contributed by atoms with E-state index in [0.717, 1.165) is 23.3 Å². The highest BCUT2D eigenvalue weighted by Gasteiger charge is 2.28. The number of amides is 1. The van der Waals surface area contributed by atoms with Crippen LogP contribution in [0.25, 0.3) is 0 Å². The Morgan fingerprint density at radius 3 is 2.57 bits per heavy atom. The minimum atomic E-state index is 0.135. The third-order valence-electron chi connectivity index (χ3n) is 4.05. The van der Waals surface area contributed by atoms with E-state index in [2.05, 4.69) is 13.0 Å². The van der Waals surface area contributed by atoms with E-state index in [1.165, 1.54) is 11.1 Å². The number of carbonyl (C=O) groups excluding carboxylic acids is 1. The maximum Gasteiger partial charge on any atom is 0.254 e. The number of benzene rings is 2. The first kappa shape index (κ1) is 13.7. The van der Waals surface area contributed by atoms with E-state index in [0.29, 0.717) is 13.1 Å². The Morgan fingerprint density at radius 2 is 1.90 bits per heavy atom. The lowest BCUT2D eigenvalue weighted by molar-refractivity contribution is 0.0766. The average molecular weight is 281 g/mol. The van der Waals surface area contributed by atoms with Crippen LogP contribution in [0.15, 0.2) is 42.5 Å². The van der Waals surface area contributed by atoms with Gasteiger partial charge in [-0.15, -0.1) is 0 Å². The minimum Gasteiger partial charge on any atom is -0.497 e. The molecule has 2 aromatic carbocycles. The molecule has 3 heteroatoms. The molecule has 1 aliphatic heterocycles. The van der Waals surface area contributed by atoms with Gasteiger partial charge in [-0.2, -0.15) is 0 Å². The first-order valence-corrected chi connectivity index (χ1v) is 7.26. The predicted molar refractivity (Wildman–Crippen MR) is 82.4 cm³/mol. The molecule has 1 heterocycles. The highest BCUT2D eigenvalue weighted by molar-refractivity contribution is 5.98. The summed E-state index contributed by atoms with van der Waals surface area (Å²) in [5, 5.41) is 0. The molecule has 0 radical (unpaired) electrons. The van der Waals surface area contributed by atoms with Gasteiger partial charge in [0.15, 0.2) is 0 Å². The molecule has 0 fully saturated rings. The maximum absolute atomic E-state index is 12.5. The molecule has 1 amide bonds. The van der Waals surface area contributed by atoms with Gasteiger partial charge in [0.2, 0.25) is 0 Å². The fraction of sp³-hybridized carbons (Fsp3) is 0.278. The predicted octanol–water partition coefficient (Wildman–Crippen LogP) is 3.41. The lowest BCUT2D eigenvalue weighted by atomic mass is 10.0. The van der Waals surface area contributed by atoms with Gasteiger partial charge >= 0.3 is 0 Å². The van der Waals surface area contributed by atoms with Gasteiger partial charge in [-0.25, -0.2) is 0 Å². The smallest absolute Gasteiger partial charge is 0.254 e. The Labute approximate surface area is 125 Å². The Bertz CT molecular complexity index is 661. The van der Waals surface area contributed by atoms with Crippen molar-refractivity contribution < 1.29 is 9.53 Å². The van der Waals surface area contributed by atoms with Gasteiger partial charge in [-0.05, 0) is 41.3 Å². The van der Waals surface area contributed by atoms with Crippen molar-refractivity contribution in [2.24, 2.45) is 0 Å². The topological polar surface area (TPSA) is 29.5 Å². The zero-order chi connectivity index (χ0) is 14.8. The van der Waals surface area contributed by atoms with Crippen LogP contribution in [0.3, 0.4) is 0 Å². The van der Waals surface area contributed by atoms with Crippen molar-refractivity contribution in [2.45, 2.75) is 26.4 Å². The molecule has 0 aliphatic carbocycles. The first-order chi connectivity index (χ1) is 10.2. The van der Waals surface area contributed by atoms with Crippen molar-refractivity contribution in [3.8, 4) is 5.75 Å². The van der Waals surface area contributed by atoms with Crippen LogP contribution in [-0.2, 0) is 19.5 Å². The van der Waals surface area contributed by atoms with Gasteiger partial charge in [-0.3, -0.25) is 4.79 Å². The zero-order valence-corrected chi connectivity index (χ0v) is 12.4. The largest absolute Gasteiger partial charge is 0.497 e. The second kappa shape index (κ2) is 5.60. The molecule has 3 nitrogen and oxygen atoms in total. The number of carbonyl (C=O) groups is 1. The van der Waals surface area contributed by atoms with Crippen molar-refractivity contribution in [1.29, 1.82) is 0 Å². The van der Waals surface area contributed by atoms with E-state index in [1.807, 2.05) is 41.3 Å². The number of hydrogen-bond acceptors (Lipinski definition) is 2. The van der Waals surface area contributed by atoms with E-state index < -0.39 is 0 Å². The monoisotopic (exact) mass is 281 g/mol. The molecular formula is C18H19NO2. The van der Waals surface area contributed by atoms with Crippen LogP contribution in [0.2, 0.25) is 0 Å². The highest BCUT2D eigenvalue weighted by atomic mass is 16.5. The van der Waals surface area contributed by atoms with Gasteiger partial charge in [-0.1, -0.05) is 31.2 Å². The van der Waals surface area contributed by atoms with E-state index in [4.69, 9.17) is 4.74 Å². The first-order valence-electron chi connectivity index (χ1n) is 7.26. The van der Waals surface area contributed by atoms with Crippen molar-refractivity contribution in [3.05, 3.63) is 64.7 Å². The van der Waals surface area contributed by atoms with Crippen LogP contribution in [0.1, 0.15) is 34.0 Å². The Kier molecular flexibility index (Phi) is 3.65. The normalized spacial score (nSPS) is 13.4. The number of fused-ring (bicyclic) bond motifs is 1. The summed E-state index contributed by atoms with van der Waals surface area (Å²) in [7, 11) is 1.65. The third-order valence-corrected chi connectivity index (χ3v) is 4.05. The lowest BCUT2D eigenvalue weighted by Gasteiger charge is -2.16. The summed E-state index contributed by atoms with van der Waals surface area (Å²) in [5.41, 5.74) is 4.45. The number of aryl methyl sites for hydroxylation is 1. The quantitative estimate of drug-likeness (QED) is 0.859. The molecule has 1 aliphatic rings. The second-order valence-electron chi connectivity index (χ2n) is 5.31. The second-order valence-corrected chi connectivity index (χ2v) is 5.31. The van der Waals surface area contributed by atoms with Crippen molar-refractivity contribution >= 4 is 5.91 Å². The SMILES string of the molecule is CCc1cccc2c1CN(Cc1ccc(OC)cc1)C2=O. The molecule has 0 saturated heterocycles. The van der Waals surface area contributed by atoms with Crippen LogP contribution in [-0.4, -0.2) is 17.9 Å². The molecule has 108 valence electrons. The van der Waals surface area contributed by atoms with Crippen LogP contribution in [0.4, 0.5) is 0 Å². The van der Waals surface area contributed by atoms with Crippen LogP contribution in [0.5, 0.6) is 5.75 Å². The van der Waals surface area contributed by atoms with Crippen LogP contribution >= 0.6 is 0 Å². The molecule has 0 saturated carbocycles. The number of rotatable bonds is 4. The van der Waals surface area contributed by atoms with Gasteiger partial charge in [0.1, 0.15) is 5.75 Å². The van der Waals surface area contributed by atoms with Gasteiger partial charge < -0.3 is 9.64 Å². The Morgan fingerprint density at radius 1 is 1.14 bits per heavy atom. The summed E-state index contributed by atoms with van der Waals surface area (Å²) < 4.78 is 5.16. The molecule has 0 spiro atoms. The van der Waals surface area contributed by atoms with Crippen LogP contribution < -0.4 is 4.74 Å². The standard InChI is InChI=1S/C18H19NO2/c1-3-14-5-4-6-16-17(14)12-19(18(16)20)11-13-7-9-15(21-2)10-8-13/h4-10H,3,11-12H2,1-2H3. The van der Waals surface area contributed by atoms with E-state index in [9.17, 15) is 4.79 Å². The van der Waals surface area contributed by atoms with E-state index in [1.54, 1.807) is 7.11 Å². The van der Waals surface area contributed by atoms with Gasteiger partial charge in [0, 0.05) is 18.7 Å². The van der Waals surface area contributed by atoms with Crippen molar-refractivity contribution in [1.82, 2.24) is 4.90 Å². The van der Waals surface area contributed by atoms with E-state index in [-0.39, 0.29) is 5.91 Å². The molecule has 0 unspecified atom stereocenters. The summed E-state index contributed by atoms with van der Waals surface area (Å²) in [6, 6.07) is 13.9. The number of ether oxygens (including phenoxy) is 1. The van der Waals surface area contributed by atoms with Gasteiger partial charge in [0.05, 0.1) is 7.11 Å². The highest BCUT2D eigenvalue weighted by Crippen LogP contribution is 2.28. The van der Waals surface area contributed by atoms with Crippen molar-refractivity contribution in [2.75, 3.05) is 7.11 Å². The summed E-state index contributed by atoms with van der Waals surface area (Å²) in [6.07, 6.45) is 0.965. The lowest BCUT2D eigenvalue weighted by Crippen LogP contribution is -2.23. The summed E-state index contributed by atoms with van der Waals surface area (Å²) in [5.74, 6) is 0.971. The Balaban J connectivity index is 1.81. The summed E-state index contributed by atoms with van der Waals surface area (Å²) >= 11 is 0. The third kappa shape index (κ3) is 2.51. The van der Waals surface area contributed by atoms with Crippen LogP contribution in [0, 0.1) is 0 Å². The molecule has 0 atom stereocenters. The molecular weight excluding hydrogens is 262 g/mol. The average Bonchev–Trinajstić information content (AvgIpc) is 2.84. The van der Waals surface area contributed by atoms with Crippen molar-refractivity contribution in [3.63, 3.8) is 0 Å². The fourth-order valence-corrected chi connectivity index (χ4v) is 2.87. The molecule has 3 rings (SSSR count). The maximum atomic E-state index is 12.5. The number of methoxy groups -OCH3 is 1. The minimum absolute atomic E-state index is 0.135. The zero-order valence-electron chi connectivity index (χ0n) is 12.4. The molecule has 0 bridgehead atoms. The molecule has 0 N–H and O–H groups in total. The van der Waals surface area contributed by atoms with E-state index >= 15 is 0 Å².